The van der Waals surface area contributed by atoms with E-state index >= 15 is 0 Å². The lowest BCUT2D eigenvalue weighted by molar-refractivity contribution is -0.137. The number of pyridine rings is 1. The molecule has 3 aromatic rings. The third kappa shape index (κ3) is 4.79. The van der Waals surface area contributed by atoms with E-state index in [1.807, 2.05) is 24.3 Å². The zero-order valence-corrected chi connectivity index (χ0v) is 14.5. The number of aromatic nitrogens is 1. The van der Waals surface area contributed by atoms with Gasteiger partial charge in [-0.25, -0.2) is 9.78 Å². The van der Waals surface area contributed by atoms with Gasteiger partial charge in [-0.3, -0.25) is 5.32 Å². The molecule has 0 spiro atoms. The Morgan fingerprint density at radius 2 is 1.74 bits per heavy atom. The van der Waals surface area contributed by atoms with Crippen LogP contribution in [0.3, 0.4) is 0 Å². The normalized spacial score (nSPS) is 11.2. The molecule has 0 radical (unpaired) electrons. The highest BCUT2D eigenvalue weighted by Crippen LogP contribution is 2.37. The summed E-state index contributed by atoms with van der Waals surface area (Å²) in [6.07, 6.45) is -4.10. The van der Waals surface area contributed by atoms with Gasteiger partial charge in [0.25, 0.3) is 0 Å². The van der Waals surface area contributed by atoms with Gasteiger partial charge in [-0.1, -0.05) is 30.0 Å². The van der Waals surface area contributed by atoms with Crippen molar-refractivity contribution in [1.29, 1.82) is 0 Å². The molecule has 0 bridgehead atoms. The van der Waals surface area contributed by atoms with E-state index in [1.54, 1.807) is 12.1 Å². The van der Waals surface area contributed by atoms with Crippen molar-refractivity contribution < 1.29 is 23.1 Å². The third-order valence-corrected chi connectivity index (χ3v) is 4.69. The summed E-state index contributed by atoms with van der Waals surface area (Å²) < 4.78 is 38.1. The minimum absolute atomic E-state index is 0.189. The molecule has 27 heavy (non-hydrogen) atoms. The first-order valence-electron chi connectivity index (χ1n) is 7.73. The quantitative estimate of drug-likeness (QED) is 0.573. The van der Waals surface area contributed by atoms with Crippen LogP contribution in [-0.4, -0.2) is 16.2 Å². The Bertz CT molecular complexity index is 960. The fourth-order valence-corrected chi connectivity index (χ4v) is 3.38. The van der Waals surface area contributed by atoms with Crippen LogP contribution in [0.2, 0.25) is 0 Å². The number of benzene rings is 2. The number of hydrogen-bond donors (Lipinski definition) is 2. The zero-order valence-electron chi connectivity index (χ0n) is 13.7. The van der Waals surface area contributed by atoms with Gasteiger partial charge in [0.15, 0.2) is 0 Å². The van der Waals surface area contributed by atoms with Crippen molar-refractivity contribution in [3.8, 4) is 11.1 Å². The van der Waals surface area contributed by atoms with Crippen molar-refractivity contribution in [3.05, 3.63) is 72.4 Å². The van der Waals surface area contributed by atoms with Crippen molar-refractivity contribution in [3.63, 3.8) is 0 Å². The van der Waals surface area contributed by atoms with Crippen LogP contribution >= 0.6 is 11.8 Å². The van der Waals surface area contributed by atoms with Gasteiger partial charge in [0.05, 0.1) is 5.56 Å². The summed E-state index contributed by atoms with van der Waals surface area (Å²) in [6, 6.07) is 15.6. The van der Waals surface area contributed by atoms with E-state index in [0.717, 1.165) is 28.2 Å². The van der Waals surface area contributed by atoms with Crippen molar-refractivity contribution >= 4 is 23.7 Å². The van der Waals surface area contributed by atoms with Crippen molar-refractivity contribution in [1.82, 2.24) is 4.98 Å². The molecule has 0 aliphatic rings. The first-order valence-corrected chi connectivity index (χ1v) is 8.55. The van der Waals surface area contributed by atoms with Crippen LogP contribution < -0.4 is 5.32 Å². The summed E-state index contributed by atoms with van der Waals surface area (Å²) in [6.45, 7) is 0. The monoisotopic (exact) mass is 390 g/mol. The summed E-state index contributed by atoms with van der Waals surface area (Å²) >= 11 is 1.32. The molecule has 2 N–H and O–H groups in total. The molecule has 4 nitrogen and oxygen atoms in total. The maximum absolute atomic E-state index is 12.7. The second-order valence-corrected chi connectivity index (χ2v) is 6.60. The van der Waals surface area contributed by atoms with Gasteiger partial charge in [0, 0.05) is 16.0 Å². The molecule has 0 fully saturated rings. The maximum Gasteiger partial charge on any atom is 0.416 e. The molecular formula is C19H13F3N2O2S. The molecule has 0 atom stereocenters. The summed E-state index contributed by atoms with van der Waals surface area (Å²) in [5, 5.41) is 11.0. The first kappa shape index (κ1) is 18.8. The fourth-order valence-electron chi connectivity index (χ4n) is 2.41. The number of alkyl halides is 3. The van der Waals surface area contributed by atoms with E-state index in [9.17, 15) is 18.0 Å². The smallest absolute Gasteiger partial charge is 0.416 e. The van der Waals surface area contributed by atoms with Crippen LogP contribution in [-0.2, 0) is 6.18 Å². The lowest BCUT2D eigenvalue weighted by Gasteiger charge is -2.11. The number of anilines is 1. The van der Waals surface area contributed by atoms with Crippen molar-refractivity contribution in [2.24, 2.45) is 0 Å². The molecule has 0 saturated heterocycles. The molecule has 138 valence electrons. The highest BCUT2D eigenvalue weighted by atomic mass is 32.2. The molecule has 0 unspecified atom stereocenters. The van der Waals surface area contributed by atoms with Crippen LogP contribution in [0.5, 0.6) is 0 Å². The molecular weight excluding hydrogens is 377 g/mol. The lowest BCUT2D eigenvalue weighted by atomic mass is 10.1. The molecule has 1 amide bonds. The van der Waals surface area contributed by atoms with Gasteiger partial charge >= 0.3 is 12.3 Å². The highest BCUT2D eigenvalue weighted by Gasteiger charge is 2.29. The zero-order chi connectivity index (χ0) is 19.4. The summed E-state index contributed by atoms with van der Waals surface area (Å²) in [7, 11) is 0. The molecule has 2 aromatic carbocycles. The summed E-state index contributed by atoms with van der Waals surface area (Å²) in [5.41, 5.74) is 0.862. The molecule has 1 heterocycles. The highest BCUT2D eigenvalue weighted by molar-refractivity contribution is 7.99. The number of carboxylic acid groups (broad SMARTS) is 1. The molecule has 8 heteroatoms. The number of carbonyl (C=O) groups is 1. The first-order chi connectivity index (χ1) is 12.8. The molecule has 3 rings (SSSR count). The Morgan fingerprint density at radius 3 is 2.41 bits per heavy atom. The predicted octanol–water partition coefficient (Wildman–Crippen LogP) is 6.01. The Kier molecular flexibility index (Phi) is 5.36. The van der Waals surface area contributed by atoms with Gasteiger partial charge in [0.1, 0.15) is 5.82 Å². The predicted molar refractivity (Wildman–Crippen MR) is 96.9 cm³/mol. The number of nitrogens with one attached hydrogen (secondary N) is 1. The molecule has 1 aromatic heterocycles. The Morgan fingerprint density at radius 1 is 1.04 bits per heavy atom. The molecule has 0 aliphatic carbocycles. The van der Waals surface area contributed by atoms with E-state index in [1.165, 1.54) is 30.1 Å². The molecule has 0 saturated carbocycles. The van der Waals surface area contributed by atoms with E-state index < -0.39 is 17.8 Å². The number of halogens is 3. The fraction of sp³-hybridized carbons (Fsp3) is 0.0526. The van der Waals surface area contributed by atoms with Crippen LogP contribution in [0.4, 0.5) is 23.8 Å². The topological polar surface area (TPSA) is 62.2 Å². The van der Waals surface area contributed by atoms with Crippen LogP contribution in [0, 0.1) is 0 Å². The van der Waals surface area contributed by atoms with Gasteiger partial charge in [0.2, 0.25) is 0 Å². The van der Waals surface area contributed by atoms with E-state index in [-0.39, 0.29) is 5.82 Å². The largest absolute Gasteiger partial charge is 0.465 e. The average Bonchev–Trinajstić information content (AvgIpc) is 2.61. The second kappa shape index (κ2) is 7.71. The third-order valence-electron chi connectivity index (χ3n) is 3.60. The van der Waals surface area contributed by atoms with Gasteiger partial charge in [-0.05, 0) is 53.6 Å². The lowest BCUT2D eigenvalue weighted by Crippen LogP contribution is -2.08. The SMILES string of the molecule is O=C(O)Nc1cc(-c2ccccc2Sc2ccc(C(F)(F)F)cc2)ccn1. The summed E-state index contributed by atoms with van der Waals surface area (Å²) in [5.74, 6) is 0.189. The second-order valence-electron chi connectivity index (χ2n) is 5.48. The minimum Gasteiger partial charge on any atom is -0.465 e. The number of hydrogen-bond acceptors (Lipinski definition) is 3. The van der Waals surface area contributed by atoms with Crippen LogP contribution in [0.15, 0.2) is 76.7 Å². The molecule has 0 aliphatic heterocycles. The van der Waals surface area contributed by atoms with Gasteiger partial charge in [-0.15, -0.1) is 0 Å². The Balaban J connectivity index is 1.90. The number of rotatable bonds is 4. The average molecular weight is 390 g/mol. The van der Waals surface area contributed by atoms with E-state index in [4.69, 9.17) is 5.11 Å². The van der Waals surface area contributed by atoms with Crippen LogP contribution in [0.25, 0.3) is 11.1 Å². The van der Waals surface area contributed by atoms with Crippen LogP contribution in [0.1, 0.15) is 5.56 Å². The standard InChI is InChI=1S/C19H13F3N2O2S/c20-19(21,22)13-5-7-14(8-6-13)27-16-4-2-1-3-15(16)12-9-10-23-17(11-12)24-18(25)26/h1-11H,(H,23,24)(H,25,26). The minimum atomic E-state index is -4.37. The van der Waals surface area contributed by atoms with E-state index in [2.05, 4.69) is 10.3 Å². The van der Waals surface area contributed by atoms with Crippen molar-refractivity contribution in [2.75, 3.05) is 5.32 Å². The Hall–Kier alpha value is -3.00. The maximum atomic E-state index is 12.7. The van der Waals surface area contributed by atoms with Gasteiger partial charge in [-0.2, -0.15) is 13.2 Å². The number of amides is 1. The van der Waals surface area contributed by atoms with Crippen molar-refractivity contribution in [2.45, 2.75) is 16.0 Å². The number of nitrogens with zero attached hydrogens (tertiary/aromatic N) is 1. The van der Waals surface area contributed by atoms with E-state index in [0.29, 0.717) is 4.90 Å². The summed E-state index contributed by atoms with van der Waals surface area (Å²) in [4.78, 5) is 16.2. The van der Waals surface area contributed by atoms with Gasteiger partial charge < -0.3 is 5.11 Å². The Labute approximate surface area is 157 Å².